The fourth-order valence-corrected chi connectivity index (χ4v) is 2.18. The number of aryl methyl sites for hydroxylation is 2. The average molecular weight is 246 g/mol. The van der Waals surface area contributed by atoms with E-state index in [2.05, 4.69) is 0 Å². The van der Waals surface area contributed by atoms with Crippen LogP contribution in [-0.4, -0.2) is 12.2 Å². The van der Waals surface area contributed by atoms with E-state index in [-0.39, 0.29) is 5.75 Å². The quantitative estimate of drug-likeness (QED) is 0.872. The van der Waals surface area contributed by atoms with E-state index in [4.69, 9.17) is 4.74 Å². The number of hydrogen-bond donors (Lipinski definition) is 1. The molecule has 0 spiro atoms. The SMILES string of the molecule is COc1cc(C)cc(C)c1-c1cc(O)cc(F)c1. The Morgan fingerprint density at radius 3 is 2.39 bits per heavy atom. The van der Waals surface area contributed by atoms with Gasteiger partial charge >= 0.3 is 0 Å². The molecule has 18 heavy (non-hydrogen) atoms. The van der Waals surface area contributed by atoms with Gasteiger partial charge in [-0.05, 0) is 48.7 Å². The summed E-state index contributed by atoms with van der Waals surface area (Å²) < 4.78 is 18.7. The highest BCUT2D eigenvalue weighted by atomic mass is 19.1. The number of phenols is 1. The number of rotatable bonds is 2. The van der Waals surface area contributed by atoms with Crippen molar-refractivity contribution in [2.24, 2.45) is 0 Å². The largest absolute Gasteiger partial charge is 0.508 e. The molecule has 2 aromatic rings. The average Bonchev–Trinajstić information content (AvgIpc) is 2.26. The highest BCUT2D eigenvalue weighted by Crippen LogP contribution is 2.36. The molecule has 0 aliphatic carbocycles. The van der Waals surface area contributed by atoms with Crippen LogP contribution in [0.1, 0.15) is 11.1 Å². The number of halogens is 1. The van der Waals surface area contributed by atoms with Crippen molar-refractivity contribution >= 4 is 0 Å². The van der Waals surface area contributed by atoms with Crippen LogP contribution in [0.15, 0.2) is 30.3 Å². The molecular weight excluding hydrogens is 231 g/mol. The van der Waals surface area contributed by atoms with E-state index in [1.54, 1.807) is 7.11 Å². The highest BCUT2D eigenvalue weighted by molar-refractivity contribution is 5.75. The van der Waals surface area contributed by atoms with Gasteiger partial charge in [0.1, 0.15) is 17.3 Å². The summed E-state index contributed by atoms with van der Waals surface area (Å²) in [5.74, 6) is 0.122. The molecule has 2 nitrogen and oxygen atoms in total. The summed E-state index contributed by atoms with van der Waals surface area (Å²) in [4.78, 5) is 0. The van der Waals surface area contributed by atoms with Crippen molar-refractivity contribution in [2.45, 2.75) is 13.8 Å². The Balaban J connectivity index is 2.69. The van der Waals surface area contributed by atoms with Gasteiger partial charge in [0.15, 0.2) is 0 Å². The Morgan fingerprint density at radius 1 is 1.06 bits per heavy atom. The monoisotopic (exact) mass is 246 g/mol. The molecular formula is C15H15FO2. The second-order valence-corrected chi connectivity index (χ2v) is 4.36. The maximum absolute atomic E-state index is 13.4. The summed E-state index contributed by atoms with van der Waals surface area (Å²) in [6, 6.07) is 7.90. The molecule has 0 heterocycles. The molecule has 1 N–H and O–H groups in total. The standard InChI is InChI=1S/C15H15FO2/c1-9-4-10(2)15(14(5-9)18-3)11-6-12(16)8-13(17)7-11/h4-8,17H,1-3H3. The maximum Gasteiger partial charge on any atom is 0.127 e. The molecule has 2 rings (SSSR count). The summed E-state index contributed by atoms with van der Waals surface area (Å²) in [7, 11) is 1.58. The van der Waals surface area contributed by atoms with Crippen LogP contribution in [0.3, 0.4) is 0 Å². The number of benzene rings is 2. The molecule has 0 unspecified atom stereocenters. The third-order valence-electron chi connectivity index (χ3n) is 2.83. The summed E-state index contributed by atoms with van der Waals surface area (Å²) in [6.07, 6.45) is 0. The number of methoxy groups -OCH3 is 1. The normalized spacial score (nSPS) is 10.4. The smallest absolute Gasteiger partial charge is 0.127 e. The van der Waals surface area contributed by atoms with Gasteiger partial charge in [-0.3, -0.25) is 0 Å². The molecule has 0 aliphatic rings. The lowest BCUT2D eigenvalue weighted by atomic mass is 9.97. The number of aromatic hydroxyl groups is 1. The van der Waals surface area contributed by atoms with Gasteiger partial charge in [0.2, 0.25) is 0 Å². The molecule has 0 bridgehead atoms. The fourth-order valence-electron chi connectivity index (χ4n) is 2.18. The van der Waals surface area contributed by atoms with Gasteiger partial charge < -0.3 is 9.84 Å². The minimum atomic E-state index is -0.466. The molecule has 94 valence electrons. The molecule has 0 radical (unpaired) electrons. The zero-order valence-electron chi connectivity index (χ0n) is 10.6. The van der Waals surface area contributed by atoms with Crippen LogP contribution >= 0.6 is 0 Å². The van der Waals surface area contributed by atoms with Crippen molar-refractivity contribution < 1.29 is 14.2 Å². The van der Waals surface area contributed by atoms with Crippen LogP contribution in [0.5, 0.6) is 11.5 Å². The molecule has 0 saturated carbocycles. The molecule has 0 amide bonds. The number of hydrogen-bond acceptors (Lipinski definition) is 2. The fraction of sp³-hybridized carbons (Fsp3) is 0.200. The van der Waals surface area contributed by atoms with Crippen LogP contribution in [0.4, 0.5) is 4.39 Å². The topological polar surface area (TPSA) is 29.5 Å². The van der Waals surface area contributed by atoms with E-state index in [9.17, 15) is 9.50 Å². The van der Waals surface area contributed by atoms with Crippen LogP contribution in [0.2, 0.25) is 0 Å². The van der Waals surface area contributed by atoms with E-state index < -0.39 is 5.82 Å². The van der Waals surface area contributed by atoms with E-state index in [1.165, 1.54) is 12.1 Å². The Bertz CT molecular complexity index is 571. The van der Waals surface area contributed by atoms with Crippen molar-refractivity contribution in [3.63, 3.8) is 0 Å². The van der Waals surface area contributed by atoms with Crippen LogP contribution in [0.25, 0.3) is 11.1 Å². The van der Waals surface area contributed by atoms with Gasteiger partial charge in [-0.15, -0.1) is 0 Å². The van der Waals surface area contributed by atoms with E-state index in [0.29, 0.717) is 11.3 Å². The first-order chi connectivity index (χ1) is 8.51. The minimum Gasteiger partial charge on any atom is -0.508 e. The lowest BCUT2D eigenvalue weighted by Gasteiger charge is -2.13. The van der Waals surface area contributed by atoms with Crippen molar-refractivity contribution in [3.8, 4) is 22.6 Å². The second kappa shape index (κ2) is 4.69. The van der Waals surface area contributed by atoms with Gasteiger partial charge in [-0.2, -0.15) is 0 Å². The second-order valence-electron chi connectivity index (χ2n) is 4.36. The van der Waals surface area contributed by atoms with Crippen LogP contribution < -0.4 is 4.74 Å². The van der Waals surface area contributed by atoms with E-state index >= 15 is 0 Å². The Labute approximate surface area is 106 Å². The predicted octanol–water partition coefficient (Wildman–Crippen LogP) is 3.82. The molecule has 0 atom stereocenters. The summed E-state index contributed by atoms with van der Waals surface area (Å²) >= 11 is 0. The molecule has 0 aromatic heterocycles. The molecule has 3 heteroatoms. The Morgan fingerprint density at radius 2 is 1.78 bits per heavy atom. The first-order valence-electron chi connectivity index (χ1n) is 5.66. The summed E-state index contributed by atoms with van der Waals surface area (Å²) in [6.45, 7) is 3.91. The number of ether oxygens (including phenoxy) is 1. The lowest BCUT2D eigenvalue weighted by Crippen LogP contribution is -1.93. The molecule has 0 aliphatic heterocycles. The van der Waals surface area contributed by atoms with Gasteiger partial charge in [-0.25, -0.2) is 4.39 Å². The first kappa shape index (κ1) is 12.4. The van der Waals surface area contributed by atoms with Gasteiger partial charge in [-0.1, -0.05) is 6.07 Å². The van der Waals surface area contributed by atoms with Crippen LogP contribution in [-0.2, 0) is 0 Å². The zero-order valence-corrected chi connectivity index (χ0v) is 10.6. The highest BCUT2D eigenvalue weighted by Gasteiger charge is 2.12. The van der Waals surface area contributed by atoms with Crippen molar-refractivity contribution in [1.29, 1.82) is 0 Å². The lowest BCUT2D eigenvalue weighted by molar-refractivity contribution is 0.415. The third kappa shape index (κ3) is 2.30. The Kier molecular flexibility index (Phi) is 3.24. The third-order valence-corrected chi connectivity index (χ3v) is 2.83. The van der Waals surface area contributed by atoms with Gasteiger partial charge in [0, 0.05) is 11.6 Å². The van der Waals surface area contributed by atoms with Crippen molar-refractivity contribution in [1.82, 2.24) is 0 Å². The molecule has 0 saturated heterocycles. The predicted molar refractivity (Wildman–Crippen MR) is 69.5 cm³/mol. The van der Waals surface area contributed by atoms with Gasteiger partial charge in [0.05, 0.1) is 7.11 Å². The summed E-state index contributed by atoms with van der Waals surface area (Å²) in [5.41, 5.74) is 3.48. The van der Waals surface area contributed by atoms with E-state index in [0.717, 1.165) is 22.8 Å². The zero-order chi connectivity index (χ0) is 13.3. The minimum absolute atomic E-state index is 0.0907. The molecule has 2 aromatic carbocycles. The van der Waals surface area contributed by atoms with Crippen molar-refractivity contribution in [3.05, 3.63) is 47.3 Å². The molecule has 0 fully saturated rings. The van der Waals surface area contributed by atoms with Gasteiger partial charge in [0.25, 0.3) is 0 Å². The van der Waals surface area contributed by atoms with Crippen molar-refractivity contribution in [2.75, 3.05) is 7.11 Å². The number of phenolic OH excluding ortho intramolecular Hbond substituents is 1. The first-order valence-corrected chi connectivity index (χ1v) is 5.66. The Hall–Kier alpha value is -2.03. The summed E-state index contributed by atoms with van der Waals surface area (Å²) in [5, 5.41) is 9.48. The van der Waals surface area contributed by atoms with E-state index in [1.807, 2.05) is 26.0 Å². The maximum atomic E-state index is 13.4. The van der Waals surface area contributed by atoms with Crippen LogP contribution in [0, 0.1) is 19.7 Å².